The summed E-state index contributed by atoms with van der Waals surface area (Å²) >= 11 is 0. The largest absolute Gasteiger partial charge is 0.454 e. The van der Waals surface area contributed by atoms with Crippen LogP contribution in [0.1, 0.15) is 0 Å². The van der Waals surface area contributed by atoms with Crippen LogP contribution in [0.15, 0.2) is 150 Å². The lowest BCUT2D eigenvalue weighted by molar-refractivity contribution is 0.667. The zero-order valence-electron chi connectivity index (χ0n) is 25.1. The van der Waals surface area contributed by atoms with Gasteiger partial charge in [0.05, 0.1) is 11.7 Å². The van der Waals surface area contributed by atoms with E-state index in [1.54, 1.807) is 6.20 Å². The van der Waals surface area contributed by atoms with Crippen molar-refractivity contribution in [2.45, 2.75) is 0 Å². The zero-order valence-corrected chi connectivity index (χ0v) is 25.1. The summed E-state index contributed by atoms with van der Waals surface area (Å²) in [4.78, 5) is 20.1. The van der Waals surface area contributed by atoms with E-state index in [0.717, 1.165) is 54.9 Å². The highest BCUT2D eigenvalue weighted by Crippen LogP contribution is 2.38. The molecule has 3 aromatic heterocycles. The van der Waals surface area contributed by atoms with Gasteiger partial charge in [0.25, 0.3) is 0 Å². The Labute approximate surface area is 268 Å². The first kappa shape index (κ1) is 25.8. The fraction of sp³-hybridized carbons (Fsp3) is 0. The molecule has 10 rings (SSSR count). The topological polar surface area (TPSA) is 64.7 Å². The van der Waals surface area contributed by atoms with Crippen molar-refractivity contribution in [3.05, 3.63) is 146 Å². The molecule has 0 aliphatic carbocycles. The van der Waals surface area contributed by atoms with E-state index in [4.69, 9.17) is 24.4 Å². The minimum atomic E-state index is 0.572. The fourth-order valence-electron chi connectivity index (χ4n) is 6.92. The minimum Gasteiger partial charge on any atom is -0.454 e. The van der Waals surface area contributed by atoms with Crippen molar-refractivity contribution in [2.24, 2.45) is 0 Å². The molecule has 0 radical (unpaired) electrons. The van der Waals surface area contributed by atoms with Gasteiger partial charge >= 0.3 is 0 Å². The Bertz CT molecular complexity index is 2860. The van der Waals surface area contributed by atoms with Crippen molar-refractivity contribution in [1.82, 2.24) is 19.9 Å². The molecule has 5 heteroatoms. The van der Waals surface area contributed by atoms with Crippen LogP contribution in [0, 0.1) is 0 Å². The molecule has 0 unspecified atom stereocenters. The number of pyridine rings is 1. The number of hydrogen-bond donors (Lipinski definition) is 0. The summed E-state index contributed by atoms with van der Waals surface area (Å²) in [6, 6.07) is 48.2. The van der Waals surface area contributed by atoms with E-state index >= 15 is 0 Å². The predicted octanol–water partition coefficient (Wildman–Crippen LogP) is 10.8. The Morgan fingerprint density at radius 3 is 1.94 bits per heavy atom. The number of benzene rings is 7. The van der Waals surface area contributed by atoms with Gasteiger partial charge in [0.2, 0.25) is 0 Å². The molecule has 0 saturated carbocycles. The number of furan rings is 1. The number of para-hydroxylation sites is 2. The highest BCUT2D eigenvalue weighted by Gasteiger charge is 2.18. The van der Waals surface area contributed by atoms with Gasteiger partial charge in [-0.2, -0.15) is 0 Å². The average molecular weight is 601 g/mol. The lowest BCUT2D eigenvalue weighted by Crippen LogP contribution is -2.01. The van der Waals surface area contributed by atoms with Gasteiger partial charge in [-0.05, 0) is 50.5 Å². The van der Waals surface area contributed by atoms with Crippen LogP contribution in [0.5, 0.6) is 0 Å². The smallest absolute Gasteiger partial charge is 0.166 e. The van der Waals surface area contributed by atoms with Gasteiger partial charge in [-0.15, -0.1) is 0 Å². The molecule has 0 aliphatic heterocycles. The maximum absolute atomic E-state index is 6.15. The molecule has 5 nitrogen and oxygen atoms in total. The average Bonchev–Trinajstić information content (AvgIpc) is 3.53. The van der Waals surface area contributed by atoms with Crippen molar-refractivity contribution in [3.8, 4) is 34.2 Å². The molecule has 0 fully saturated rings. The van der Waals surface area contributed by atoms with E-state index in [1.165, 1.54) is 26.9 Å². The van der Waals surface area contributed by atoms with Crippen LogP contribution in [0.25, 0.3) is 99.3 Å². The third kappa shape index (κ3) is 4.03. The SMILES string of the molecule is c1ccc(-c2nc(-c3ccc4ccc5c6ccccc6ccc5c4c3)nc(-c3cccc4c3ncc3oc5ccccc5c34)n2)cc1. The van der Waals surface area contributed by atoms with Crippen LogP contribution < -0.4 is 0 Å². The molecule has 0 amide bonds. The Morgan fingerprint density at radius 2 is 1.06 bits per heavy atom. The highest BCUT2D eigenvalue weighted by molar-refractivity contribution is 6.20. The van der Waals surface area contributed by atoms with E-state index in [2.05, 4.69) is 78.9 Å². The quantitative estimate of drug-likeness (QED) is 0.189. The van der Waals surface area contributed by atoms with Gasteiger partial charge in [0.15, 0.2) is 23.1 Å². The lowest BCUT2D eigenvalue weighted by atomic mass is 9.96. The maximum Gasteiger partial charge on any atom is 0.166 e. The second-order valence-corrected chi connectivity index (χ2v) is 11.9. The van der Waals surface area contributed by atoms with Gasteiger partial charge in [0.1, 0.15) is 5.58 Å². The minimum absolute atomic E-state index is 0.572. The Morgan fingerprint density at radius 1 is 0.404 bits per heavy atom. The highest BCUT2D eigenvalue weighted by atomic mass is 16.3. The molecule has 0 N–H and O–H groups in total. The van der Waals surface area contributed by atoms with Gasteiger partial charge in [0, 0.05) is 32.8 Å². The first-order valence-corrected chi connectivity index (χ1v) is 15.6. The van der Waals surface area contributed by atoms with Gasteiger partial charge in [-0.3, -0.25) is 4.98 Å². The third-order valence-electron chi connectivity index (χ3n) is 9.15. The van der Waals surface area contributed by atoms with Gasteiger partial charge in [-0.1, -0.05) is 121 Å². The van der Waals surface area contributed by atoms with Gasteiger partial charge in [-0.25, -0.2) is 15.0 Å². The fourth-order valence-corrected chi connectivity index (χ4v) is 6.92. The van der Waals surface area contributed by atoms with Crippen LogP contribution in [0.3, 0.4) is 0 Å². The molecule has 10 aromatic rings. The van der Waals surface area contributed by atoms with Crippen molar-refractivity contribution in [1.29, 1.82) is 0 Å². The van der Waals surface area contributed by atoms with Crippen molar-refractivity contribution in [3.63, 3.8) is 0 Å². The summed E-state index contributed by atoms with van der Waals surface area (Å²) in [6.07, 6.45) is 1.81. The molecule has 7 aromatic carbocycles. The summed E-state index contributed by atoms with van der Waals surface area (Å²) in [6.45, 7) is 0. The molecule has 218 valence electrons. The molecule has 47 heavy (non-hydrogen) atoms. The van der Waals surface area contributed by atoms with Crippen molar-refractivity contribution < 1.29 is 4.42 Å². The summed E-state index contributed by atoms with van der Waals surface area (Å²) < 4.78 is 6.15. The predicted molar refractivity (Wildman–Crippen MR) is 191 cm³/mol. The third-order valence-corrected chi connectivity index (χ3v) is 9.15. The van der Waals surface area contributed by atoms with Crippen LogP contribution in [-0.4, -0.2) is 19.9 Å². The van der Waals surface area contributed by atoms with E-state index in [-0.39, 0.29) is 0 Å². The number of rotatable bonds is 3. The summed E-state index contributed by atoms with van der Waals surface area (Å²) in [5, 5.41) is 10.3. The number of hydrogen-bond acceptors (Lipinski definition) is 5. The Kier molecular flexibility index (Phi) is 5.51. The molecule has 3 heterocycles. The van der Waals surface area contributed by atoms with E-state index in [1.807, 2.05) is 60.7 Å². The standard InChI is InChI=1S/C42H24N4O/c1-2-10-27(11-3-1)40-44-41(28-18-17-26-20-21-30-29-12-5-4-9-25(29)19-22-31(30)35(26)23-28)46-42(45-40)34-15-8-14-33-38-32-13-6-7-16-36(32)47-37(38)24-43-39(33)34/h1-24H. The molecule has 0 spiro atoms. The van der Waals surface area contributed by atoms with E-state index < -0.39 is 0 Å². The van der Waals surface area contributed by atoms with Crippen LogP contribution in [-0.2, 0) is 0 Å². The first-order chi connectivity index (χ1) is 23.3. The number of nitrogens with zero attached hydrogens (tertiary/aromatic N) is 4. The van der Waals surface area contributed by atoms with E-state index in [9.17, 15) is 0 Å². The monoisotopic (exact) mass is 600 g/mol. The van der Waals surface area contributed by atoms with Crippen molar-refractivity contribution in [2.75, 3.05) is 0 Å². The number of aromatic nitrogens is 4. The maximum atomic E-state index is 6.15. The lowest BCUT2D eigenvalue weighted by Gasteiger charge is -2.12. The summed E-state index contributed by atoms with van der Waals surface area (Å²) in [5.41, 5.74) is 5.11. The molecular weight excluding hydrogens is 576 g/mol. The van der Waals surface area contributed by atoms with Gasteiger partial charge < -0.3 is 4.42 Å². The van der Waals surface area contributed by atoms with E-state index in [0.29, 0.717) is 17.5 Å². The van der Waals surface area contributed by atoms with Crippen LogP contribution in [0.2, 0.25) is 0 Å². The van der Waals surface area contributed by atoms with Crippen molar-refractivity contribution >= 4 is 65.2 Å². The molecule has 0 atom stereocenters. The second-order valence-electron chi connectivity index (χ2n) is 11.9. The van der Waals surface area contributed by atoms with Crippen LogP contribution >= 0.6 is 0 Å². The molecule has 0 bridgehead atoms. The summed E-state index contributed by atoms with van der Waals surface area (Å²) in [5.74, 6) is 1.80. The first-order valence-electron chi connectivity index (χ1n) is 15.6. The Balaban J connectivity index is 1.22. The normalized spacial score (nSPS) is 11.8. The van der Waals surface area contributed by atoms with Crippen LogP contribution in [0.4, 0.5) is 0 Å². The second kappa shape index (κ2) is 10.0. The zero-order chi connectivity index (χ0) is 30.9. The molecule has 0 aliphatic rings. The Hall–Kier alpha value is -6.46. The number of fused-ring (bicyclic) bond motifs is 10. The molecule has 0 saturated heterocycles. The molecular formula is C42H24N4O. The summed E-state index contributed by atoms with van der Waals surface area (Å²) in [7, 11) is 0.